The average molecular weight is 329 g/mol. The molecule has 1 amide bonds. The molecule has 3 rings (SSSR count). The zero-order valence-corrected chi connectivity index (χ0v) is 14.0. The molecule has 0 unspecified atom stereocenters. The molecule has 6 nitrogen and oxygen atoms in total. The highest BCUT2D eigenvalue weighted by Crippen LogP contribution is 2.27. The van der Waals surface area contributed by atoms with Crippen molar-refractivity contribution in [3.05, 3.63) is 41.5 Å². The second kappa shape index (κ2) is 7.95. The number of carbonyl (C=O) groups excluding carboxylic acids is 1. The van der Waals surface area contributed by atoms with Crippen molar-refractivity contribution in [1.29, 1.82) is 0 Å². The van der Waals surface area contributed by atoms with Crippen LogP contribution in [0, 0.1) is 0 Å². The third-order valence-corrected chi connectivity index (χ3v) is 4.02. The first-order valence-electron chi connectivity index (χ1n) is 8.57. The quantitative estimate of drug-likeness (QED) is 0.805. The molecule has 1 aromatic carbocycles. The smallest absolute Gasteiger partial charge is 0.226 e. The molecule has 0 spiro atoms. The van der Waals surface area contributed by atoms with E-state index in [9.17, 15) is 4.79 Å². The van der Waals surface area contributed by atoms with Crippen LogP contribution in [0.4, 0.5) is 0 Å². The summed E-state index contributed by atoms with van der Waals surface area (Å²) in [5, 5.41) is 6.85. The van der Waals surface area contributed by atoms with E-state index in [0.717, 1.165) is 30.8 Å². The molecule has 6 heteroatoms. The third kappa shape index (κ3) is 4.34. The van der Waals surface area contributed by atoms with E-state index >= 15 is 0 Å². The second-order valence-corrected chi connectivity index (χ2v) is 6.06. The van der Waals surface area contributed by atoms with Gasteiger partial charge in [0.05, 0.1) is 6.54 Å². The van der Waals surface area contributed by atoms with E-state index in [0.29, 0.717) is 31.7 Å². The first kappa shape index (κ1) is 16.5. The summed E-state index contributed by atoms with van der Waals surface area (Å²) in [5.41, 5.74) is 1.20. The molecule has 0 saturated carbocycles. The Morgan fingerprint density at radius 2 is 2.21 bits per heavy atom. The van der Waals surface area contributed by atoms with E-state index in [-0.39, 0.29) is 12.0 Å². The number of hydrogen-bond acceptors (Lipinski definition) is 5. The predicted molar refractivity (Wildman–Crippen MR) is 88.8 cm³/mol. The molecule has 2 heterocycles. The molecule has 1 aliphatic heterocycles. The highest BCUT2D eigenvalue weighted by Gasteiger charge is 2.22. The lowest BCUT2D eigenvalue weighted by Crippen LogP contribution is -2.34. The number of rotatable bonds is 8. The Morgan fingerprint density at radius 3 is 3.04 bits per heavy atom. The predicted octanol–water partition coefficient (Wildman–Crippen LogP) is 2.46. The molecule has 0 fully saturated rings. The van der Waals surface area contributed by atoms with Crippen LogP contribution in [0.1, 0.15) is 43.5 Å². The fraction of sp³-hybridized carbons (Fsp3) is 0.500. The summed E-state index contributed by atoms with van der Waals surface area (Å²) in [7, 11) is 0. The van der Waals surface area contributed by atoms with E-state index in [2.05, 4.69) is 28.4 Å². The van der Waals surface area contributed by atoms with Gasteiger partial charge in [-0.2, -0.15) is 4.98 Å². The van der Waals surface area contributed by atoms with Gasteiger partial charge in [0, 0.05) is 25.7 Å². The number of aromatic nitrogens is 2. The van der Waals surface area contributed by atoms with Crippen LogP contribution in [-0.4, -0.2) is 28.7 Å². The number of ether oxygens (including phenoxy) is 1. The summed E-state index contributed by atoms with van der Waals surface area (Å²) < 4.78 is 11.0. The lowest BCUT2D eigenvalue weighted by atomic mass is 10.1. The largest absolute Gasteiger partial charge is 0.488 e. The SMILES string of the molecule is CCCc1noc(CCCC(=O)NC[C@@H]2Cc3ccccc3O2)n1. The van der Waals surface area contributed by atoms with E-state index in [1.165, 1.54) is 5.56 Å². The highest BCUT2D eigenvalue weighted by molar-refractivity contribution is 5.75. The van der Waals surface area contributed by atoms with Gasteiger partial charge in [-0.05, 0) is 24.5 Å². The van der Waals surface area contributed by atoms with Crippen LogP contribution in [0.15, 0.2) is 28.8 Å². The zero-order chi connectivity index (χ0) is 16.8. The van der Waals surface area contributed by atoms with Crippen LogP contribution >= 0.6 is 0 Å². The van der Waals surface area contributed by atoms with Gasteiger partial charge >= 0.3 is 0 Å². The van der Waals surface area contributed by atoms with Gasteiger partial charge in [-0.15, -0.1) is 0 Å². The first-order valence-corrected chi connectivity index (χ1v) is 8.57. The van der Waals surface area contributed by atoms with Gasteiger partial charge in [0.15, 0.2) is 5.82 Å². The maximum Gasteiger partial charge on any atom is 0.226 e. The summed E-state index contributed by atoms with van der Waals surface area (Å²) in [4.78, 5) is 16.2. The molecule has 1 aliphatic rings. The van der Waals surface area contributed by atoms with Crippen molar-refractivity contribution in [1.82, 2.24) is 15.5 Å². The average Bonchev–Trinajstić information content (AvgIpc) is 3.19. The molecule has 0 radical (unpaired) electrons. The maximum absolute atomic E-state index is 11.9. The molecular weight excluding hydrogens is 306 g/mol. The molecular formula is C18H23N3O3. The standard InChI is InChI=1S/C18H23N3O3/c1-2-6-16-20-18(24-21-16)10-5-9-17(22)19-12-14-11-13-7-3-4-8-15(13)23-14/h3-4,7-8,14H,2,5-6,9-12H2,1H3,(H,19,22)/t14-/m0/s1. The minimum Gasteiger partial charge on any atom is -0.488 e. The number of fused-ring (bicyclic) bond motifs is 1. The van der Waals surface area contributed by atoms with Crippen LogP contribution in [0.25, 0.3) is 0 Å². The van der Waals surface area contributed by atoms with E-state index < -0.39 is 0 Å². The Morgan fingerprint density at radius 1 is 1.33 bits per heavy atom. The van der Waals surface area contributed by atoms with E-state index in [4.69, 9.17) is 9.26 Å². The van der Waals surface area contributed by atoms with Crippen molar-refractivity contribution in [3.63, 3.8) is 0 Å². The fourth-order valence-electron chi connectivity index (χ4n) is 2.80. The second-order valence-electron chi connectivity index (χ2n) is 6.06. The van der Waals surface area contributed by atoms with Crippen molar-refractivity contribution in [2.45, 2.75) is 51.6 Å². The molecule has 0 saturated heterocycles. The summed E-state index contributed by atoms with van der Waals surface area (Å²) in [5.74, 6) is 2.31. The zero-order valence-electron chi connectivity index (χ0n) is 14.0. The van der Waals surface area contributed by atoms with Crippen molar-refractivity contribution in [2.75, 3.05) is 6.54 Å². The summed E-state index contributed by atoms with van der Waals surface area (Å²) in [6, 6.07) is 8.00. The number of para-hydroxylation sites is 1. The minimum atomic E-state index is 0.0268. The van der Waals surface area contributed by atoms with Crippen molar-refractivity contribution >= 4 is 5.91 Å². The van der Waals surface area contributed by atoms with Crippen molar-refractivity contribution in [2.24, 2.45) is 0 Å². The highest BCUT2D eigenvalue weighted by atomic mass is 16.5. The molecule has 1 aromatic heterocycles. The van der Waals surface area contributed by atoms with Gasteiger partial charge in [0.25, 0.3) is 0 Å². The maximum atomic E-state index is 11.9. The number of benzene rings is 1. The van der Waals surface area contributed by atoms with E-state index in [1.54, 1.807) is 0 Å². The summed E-state index contributed by atoms with van der Waals surface area (Å²) >= 11 is 0. The number of carbonyl (C=O) groups is 1. The Hall–Kier alpha value is -2.37. The van der Waals surface area contributed by atoms with E-state index in [1.807, 2.05) is 18.2 Å². The molecule has 1 atom stereocenters. The Balaban J connectivity index is 1.33. The van der Waals surface area contributed by atoms with Gasteiger partial charge in [0.1, 0.15) is 11.9 Å². The molecule has 24 heavy (non-hydrogen) atoms. The van der Waals surface area contributed by atoms with Gasteiger partial charge in [-0.1, -0.05) is 30.3 Å². The fourth-order valence-corrected chi connectivity index (χ4v) is 2.80. The molecule has 0 bridgehead atoms. The topological polar surface area (TPSA) is 77.2 Å². The number of nitrogens with one attached hydrogen (secondary N) is 1. The molecule has 128 valence electrons. The van der Waals surface area contributed by atoms with Gasteiger partial charge in [0.2, 0.25) is 11.8 Å². The minimum absolute atomic E-state index is 0.0268. The van der Waals surface area contributed by atoms with Gasteiger partial charge in [-0.25, -0.2) is 0 Å². The molecule has 0 aliphatic carbocycles. The Labute approximate surface area is 141 Å². The lowest BCUT2D eigenvalue weighted by Gasteiger charge is -2.11. The van der Waals surface area contributed by atoms with Gasteiger partial charge in [-0.3, -0.25) is 4.79 Å². The summed E-state index contributed by atoms with van der Waals surface area (Å²) in [6.07, 6.45) is 4.48. The molecule has 1 N–H and O–H groups in total. The number of hydrogen-bond donors (Lipinski definition) is 1. The normalized spacial score (nSPS) is 15.8. The number of amides is 1. The number of aryl methyl sites for hydroxylation is 2. The number of nitrogens with zero attached hydrogens (tertiary/aromatic N) is 2. The van der Waals surface area contributed by atoms with Crippen LogP contribution < -0.4 is 10.1 Å². The Bertz CT molecular complexity index is 659. The monoisotopic (exact) mass is 329 g/mol. The Kier molecular flexibility index (Phi) is 5.46. The van der Waals surface area contributed by atoms with Crippen LogP contribution in [0.5, 0.6) is 5.75 Å². The third-order valence-electron chi connectivity index (χ3n) is 4.02. The lowest BCUT2D eigenvalue weighted by molar-refractivity contribution is -0.121. The summed E-state index contributed by atoms with van der Waals surface area (Å²) in [6.45, 7) is 2.61. The van der Waals surface area contributed by atoms with Crippen LogP contribution in [-0.2, 0) is 24.1 Å². The molecule has 2 aromatic rings. The van der Waals surface area contributed by atoms with Crippen LogP contribution in [0.3, 0.4) is 0 Å². The van der Waals surface area contributed by atoms with Crippen molar-refractivity contribution < 1.29 is 14.1 Å². The first-order chi connectivity index (χ1) is 11.7. The van der Waals surface area contributed by atoms with Crippen molar-refractivity contribution in [3.8, 4) is 5.75 Å². The van der Waals surface area contributed by atoms with Gasteiger partial charge < -0.3 is 14.6 Å². The van der Waals surface area contributed by atoms with Crippen LogP contribution in [0.2, 0.25) is 0 Å².